The fraction of sp³-hybridized carbons (Fsp3) is 0.455. The summed E-state index contributed by atoms with van der Waals surface area (Å²) in [5.74, 6) is -1.02. The molecule has 1 rings (SSSR count). The highest BCUT2D eigenvalue weighted by atomic mass is 35.5. The summed E-state index contributed by atoms with van der Waals surface area (Å²) in [4.78, 5) is 23.0. The second-order valence-corrected chi connectivity index (χ2v) is 5.94. The van der Waals surface area contributed by atoms with Gasteiger partial charge in [-0.2, -0.15) is 0 Å². The number of nitrogens with one attached hydrogen (secondary N) is 1. The maximum Gasteiger partial charge on any atom is 0.287 e. The Kier molecular flexibility index (Phi) is 4.10. The highest BCUT2D eigenvalue weighted by molar-refractivity contribution is 7.16. The SMILES string of the molecule is CC(=O)C(=O)NCC(C)(C)c1ccc(Cl)s1. The number of amides is 1. The van der Waals surface area contributed by atoms with Crippen molar-refractivity contribution in [2.45, 2.75) is 26.2 Å². The number of rotatable bonds is 4. The number of hydrogen-bond donors (Lipinski definition) is 1. The van der Waals surface area contributed by atoms with Crippen LogP contribution in [-0.2, 0) is 15.0 Å². The Morgan fingerprint density at radius 2 is 2.06 bits per heavy atom. The van der Waals surface area contributed by atoms with Gasteiger partial charge in [-0.25, -0.2) is 0 Å². The van der Waals surface area contributed by atoms with Crippen LogP contribution in [0, 0.1) is 0 Å². The van der Waals surface area contributed by atoms with E-state index >= 15 is 0 Å². The van der Waals surface area contributed by atoms with Gasteiger partial charge in [0, 0.05) is 23.8 Å². The van der Waals surface area contributed by atoms with Crippen molar-refractivity contribution in [3.63, 3.8) is 0 Å². The number of Topliss-reactive ketones (excluding diaryl/α,β-unsaturated/α-hetero) is 1. The van der Waals surface area contributed by atoms with Crippen LogP contribution in [0.4, 0.5) is 0 Å². The van der Waals surface area contributed by atoms with Gasteiger partial charge in [-0.05, 0) is 12.1 Å². The van der Waals surface area contributed by atoms with Gasteiger partial charge in [0.1, 0.15) is 0 Å². The zero-order valence-electron chi connectivity index (χ0n) is 9.46. The number of hydrogen-bond acceptors (Lipinski definition) is 3. The molecule has 16 heavy (non-hydrogen) atoms. The number of halogens is 1. The predicted molar refractivity (Wildman–Crippen MR) is 66.0 cm³/mol. The van der Waals surface area contributed by atoms with Crippen molar-refractivity contribution < 1.29 is 9.59 Å². The highest BCUT2D eigenvalue weighted by Gasteiger charge is 2.23. The summed E-state index contributed by atoms with van der Waals surface area (Å²) in [6.45, 7) is 5.66. The summed E-state index contributed by atoms with van der Waals surface area (Å²) in [6, 6.07) is 3.77. The van der Waals surface area contributed by atoms with Crippen LogP contribution in [0.5, 0.6) is 0 Å². The molecule has 0 atom stereocenters. The van der Waals surface area contributed by atoms with Gasteiger partial charge in [0.05, 0.1) is 4.34 Å². The molecule has 1 aromatic rings. The molecule has 0 radical (unpaired) electrons. The van der Waals surface area contributed by atoms with Crippen LogP contribution < -0.4 is 5.32 Å². The lowest BCUT2D eigenvalue weighted by molar-refractivity contribution is -0.136. The molecule has 0 unspecified atom stereocenters. The Morgan fingerprint density at radius 3 is 2.50 bits per heavy atom. The summed E-state index contributed by atoms with van der Waals surface area (Å²) in [7, 11) is 0. The molecule has 0 aliphatic carbocycles. The van der Waals surface area contributed by atoms with Gasteiger partial charge in [-0.1, -0.05) is 25.4 Å². The minimum absolute atomic E-state index is 0.219. The summed E-state index contributed by atoms with van der Waals surface area (Å²) < 4.78 is 0.723. The van der Waals surface area contributed by atoms with Gasteiger partial charge in [0.25, 0.3) is 5.91 Å². The maximum absolute atomic E-state index is 11.1. The fourth-order valence-electron chi connectivity index (χ4n) is 1.19. The Bertz CT molecular complexity index is 412. The normalized spacial score (nSPS) is 11.2. The molecule has 0 aliphatic heterocycles. The van der Waals surface area contributed by atoms with E-state index in [-0.39, 0.29) is 5.41 Å². The number of ketones is 1. The Labute approximate surface area is 104 Å². The van der Waals surface area contributed by atoms with E-state index < -0.39 is 11.7 Å². The zero-order chi connectivity index (χ0) is 12.3. The number of carbonyl (C=O) groups excluding carboxylic acids is 2. The van der Waals surface area contributed by atoms with Crippen molar-refractivity contribution in [1.29, 1.82) is 0 Å². The minimum Gasteiger partial charge on any atom is -0.349 e. The van der Waals surface area contributed by atoms with Crippen LogP contribution in [-0.4, -0.2) is 18.2 Å². The van der Waals surface area contributed by atoms with Crippen molar-refractivity contribution in [3.8, 4) is 0 Å². The molecule has 1 aromatic heterocycles. The van der Waals surface area contributed by atoms with Gasteiger partial charge >= 0.3 is 0 Å². The first-order chi connectivity index (χ1) is 7.33. The summed E-state index contributed by atoms with van der Waals surface area (Å²) in [5.41, 5.74) is -0.219. The van der Waals surface area contributed by atoms with Crippen LogP contribution in [0.15, 0.2) is 12.1 Å². The molecule has 1 N–H and O–H groups in total. The van der Waals surface area contributed by atoms with E-state index in [4.69, 9.17) is 11.6 Å². The zero-order valence-corrected chi connectivity index (χ0v) is 11.0. The lowest BCUT2D eigenvalue weighted by Gasteiger charge is -2.23. The van der Waals surface area contributed by atoms with Crippen molar-refractivity contribution >= 4 is 34.6 Å². The third kappa shape index (κ3) is 3.32. The molecule has 0 aliphatic rings. The van der Waals surface area contributed by atoms with E-state index in [1.807, 2.05) is 26.0 Å². The summed E-state index contributed by atoms with van der Waals surface area (Å²) >= 11 is 7.34. The molecule has 0 spiro atoms. The van der Waals surface area contributed by atoms with Crippen LogP contribution in [0.3, 0.4) is 0 Å². The third-order valence-electron chi connectivity index (χ3n) is 2.25. The molecule has 0 fully saturated rings. The van der Waals surface area contributed by atoms with Crippen molar-refractivity contribution in [2.24, 2.45) is 0 Å². The van der Waals surface area contributed by atoms with Gasteiger partial charge in [-0.15, -0.1) is 11.3 Å². The van der Waals surface area contributed by atoms with Crippen LogP contribution in [0.1, 0.15) is 25.6 Å². The molecule has 3 nitrogen and oxygen atoms in total. The van der Waals surface area contributed by atoms with E-state index in [9.17, 15) is 9.59 Å². The maximum atomic E-state index is 11.1. The van der Waals surface area contributed by atoms with Crippen molar-refractivity contribution in [2.75, 3.05) is 6.54 Å². The molecule has 88 valence electrons. The molecule has 5 heteroatoms. The standard InChI is InChI=1S/C11H14ClNO2S/c1-7(14)10(15)13-6-11(2,3)8-4-5-9(12)16-8/h4-5H,6H2,1-3H3,(H,13,15). The summed E-state index contributed by atoms with van der Waals surface area (Å²) in [6.07, 6.45) is 0. The molecule has 1 heterocycles. The van der Waals surface area contributed by atoms with Gasteiger partial charge in [0.15, 0.2) is 0 Å². The Hall–Kier alpha value is -0.870. The van der Waals surface area contributed by atoms with Gasteiger partial charge < -0.3 is 5.32 Å². The largest absolute Gasteiger partial charge is 0.349 e. The van der Waals surface area contributed by atoms with E-state index in [1.165, 1.54) is 18.3 Å². The van der Waals surface area contributed by atoms with Crippen LogP contribution in [0.25, 0.3) is 0 Å². The van der Waals surface area contributed by atoms with E-state index in [1.54, 1.807) is 0 Å². The predicted octanol–water partition coefficient (Wildman–Crippen LogP) is 2.38. The van der Waals surface area contributed by atoms with E-state index in [0.29, 0.717) is 6.54 Å². The van der Waals surface area contributed by atoms with Crippen molar-refractivity contribution in [3.05, 3.63) is 21.3 Å². The molecule has 0 bridgehead atoms. The monoisotopic (exact) mass is 259 g/mol. The number of thiophene rings is 1. The minimum atomic E-state index is -0.546. The quantitative estimate of drug-likeness (QED) is 0.844. The fourth-order valence-corrected chi connectivity index (χ4v) is 2.33. The third-order valence-corrected chi connectivity index (χ3v) is 3.85. The first-order valence-corrected chi connectivity index (χ1v) is 6.07. The Balaban J connectivity index is 2.65. The number of carbonyl (C=O) groups is 2. The molecule has 1 amide bonds. The van der Waals surface area contributed by atoms with Crippen molar-refractivity contribution in [1.82, 2.24) is 5.32 Å². The average Bonchev–Trinajstić information content (AvgIpc) is 2.61. The molecular formula is C11H14ClNO2S. The molecular weight excluding hydrogens is 246 g/mol. The van der Waals surface area contributed by atoms with E-state index in [0.717, 1.165) is 9.21 Å². The lowest BCUT2D eigenvalue weighted by atomic mass is 9.91. The molecule has 0 aromatic carbocycles. The molecule has 0 saturated carbocycles. The van der Waals surface area contributed by atoms with Gasteiger partial charge in [-0.3, -0.25) is 9.59 Å². The topological polar surface area (TPSA) is 46.2 Å². The average molecular weight is 260 g/mol. The first-order valence-electron chi connectivity index (χ1n) is 4.87. The first kappa shape index (κ1) is 13.2. The smallest absolute Gasteiger partial charge is 0.287 e. The lowest BCUT2D eigenvalue weighted by Crippen LogP contribution is -2.38. The van der Waals surface area contributed by atoms with E-state index in [2.05, 4.69) is 5.32 Å². The van der Waals surface area contributed by atoms with Crippen LogP contribution >= 0.6 is 22.9 Å². The Morgan fingerprint density at radius 1 is 1.44 bits per heavy atom. The van der Waals surface area contributed by atoms with Crippen LogP contribution in [0.2, 0.25) is 4.34 Å². The summed E-state index contributed by atoms with van der Waals surface area (Å²) in [5, 5.41) is 2.61. The molecule has 0 saturated heterocycles. The second kappa shape index (κ2) is 4.97. The van der Waals surface area contributed by atoms with Gasteiger partial charge in [0.2, 0.25) is 5.78 Å². The second-order valence-electron chi connectivity index (χ2n) is 4.23. The highest BCUT2D eigenvalue weighted by Crippen LogP contribution is 2.31.